The molecule has 0 amide bonds. The molecule has 0 aromatic heterocycles. The molecule has 0 heterocycles. The zero-order valence-electron chi connectivity index (χ0n) is 9.79. The van der Waals surface area contributed by atoms with E-state index in [4.69, 9.17) is 23.2 Å². The Bertz CT molecular complexity index is 556. The predicted octanol–water partition coefficient (Wildman–Crippen LogP) is 2.86. The van der Waals surface area contributed by atoms with Gasteiger partial charge in [0, 0.05) is 6.08 Å². The van der Waals surface area contributed by atoms with Crippen LogP contribution in [0.25, 0.3) is 0 Å². The number of aliphatic hydroxyl groups is 1. The number of allylic oxidation sites excluding steroid dienone is 1. The fourth-order valence-corrected chi connectivity index (χ4v) is 2.66. The molecule has 100 valence electrons. The Labute approximate surface area is 120 Å². The molecule has 1 aliphatic rings. The van der Waals surface area contributed by atoms with Crippen LogP contribution in [0.3, 0.4) is 0 Å². The molecule has 0 aliphatic heterocycles. The van der Waals surface area contributed by atoms with Crippen LogP contribution in [0, 0.1) is 10.1 Å². The minimum Gasteiger partial charge on any atom is -0.387 e. The lowest BCUT2D eigenvalue weighted by molar-refractivity contribution is -0.420. The average molecular weight is 300 g/mol. The molecule has 2 unspecified atom stereocenters. The van der Waals surface area contributed by atoms with Crippen molar-refractivity contribution in [3.63, 3.8) is 0 Å². The van der Waals surface area contributed by atoms with Crippen molar-refractivity contribution in [2.45, 2.75) is 17.4 Å². The highest BCUT2D eigenvalue weighted by Gasteiger charge is 2.40. The monoisotopic (exact) mass is 299 g/mol. The summed E-state index contributed by atoms with van der Waals surface area (Å²) in [6.07, 6.45) is 1.58. The first kappa shape index (κ1) is 14.1. The van der Waals surface area contributed by atoms with Gasteiger partial charge in [-0.1, -0.05) is 41.9 Å². The third kappa shape index (κ3) is 2.97. The highest BCUT2D eigenvalue weighted by molar-refractivity contribution is 6.34. The van der Waals surface area contributed by atoms with Crippen LogP contribution in [-0.4, -0.2) is 21.0 Å². The van der Waals surface area contributed by atoms with Gasteiger partial charge in [0.1, 0.15) is 11.1 Å². The number of hydrogen-bond donors (Lipinski definition) is 1. The summed E-state index contributed by atoms with van der Waals surface area (Å²) in [7, 11) is 0. The SMILES string of the molecule is O=[N+]([O-])C1=CC(O)C(Cl)(Cc2ccccc2)C=C1Cl. The van der Waals surface area contributed by atoms with E-state index in [1.54, 1.807) is 0 Å². The highest BCUT2D eigenvalue weighted by Crippen LogP contribution is 2.36. The summed E-state index contributed by atoms with van der Waals surface area (Å²) >= 11 is 12.2. The lowest BCUT2D eigenvalue weighted by Crippen LogP contribution is -2.39. The summed E-state index contributed by atoms with van der Waals surface area (Å²) in [4.78, 5) is 8.93. The van der Waals surface area contributed by atoms with Crippen LogP contribution in [0.2, 0.25) is 0 Å². The summed E-state index contributed by atoms with van der Waals surface area (Å²) < 4.78 is 0. The Hall–Kier alpha value is -1.36. The van der Waals surface area contributed by atoms with Gasteiger partial charge in [-0.15, -0.1) is 11.6 Å². The molecule has 1 aromatic rings. The maximum atomic E-state index is 10.7. The summed E-state index contributed by atoms with van der Waals surface area (Å²) in [6, 6.07) is 9.31. The van der Waals surface area contributed by atoms with Gasteiger partial charge >= 0.3 is 0 Å². The molecule has 2 rings (SSSR count). The largest absolute Gasteiger partial charge is 0.387 e. The van der Waals surface area contributed by atoms with Gasteiger partial charge in [-0.05, 0) is 18.1 Å². The molecule has 0 saturated heterocycles. The van der Waals surface area contributed by atoms with Crippen LogP contribution >= 0.6 is 23.2 Å². The Balaban J connectivity index is 2.29. The van der Waals surface area contributed by atoms with E-state index in [-0.39, 0.29) is 10.7 Å². The summed E-state index contributed by atoms with van der Waals surface area (Å²) in [5, 5.41) is 20.7. The van der Waals surface area contributed by atoms with Gasteiger partial charge in [0.15, 0.2) is 0 Å². The quantitative estimate of drug-likeness (QED) is 0.530. The molecule has 1 aromatic carbocycles. The molecule has 2 atom stereocenters. The maximum absolute atomic E-state index is 10.7. The van der Waals surface area contributed by atoms with Crippen LogP contribution in [0.4, 0.5) is 0 Å². The average Bonchev–Trinajstić information content (AvgIpc) is 2.34. The predicted molar refractivity (Wildman–Crippen MR) is 73.8 cm³/mol. The van der Waals surface area contributed by atoms with Crippen LogP contribution in [0.15, 0.2) is 53.2 Å². The number of alkyl halides is 1. The van der Waals surface area contributed by atoms with Crippen molar-refractivity contribution in [1.29, 1.82) is 0 Å². The number of halogens is 2. The zero-order valence-corrected chi connectivity index (χ0v) is 11.3. The molecule has 1 aliphatic carbocycles. The second-order valence-electron chi connectivity index (χ2n) is 4.34. The van der Waals surface area contributed by atoms with E-state index >= 15 is 0 Å². The molecule has 4 nitrogen and oxygen atoms in total. The number of nitro groups is 1. The van der Waals surface area contributed by atoms with Crippen LogP contribution < -0.4 is 0 Å². The Morgan fingerprint density at radius 2 is 2.00 bits per heavy atom. The standard InChI is InChI=1S/C13H11Cl2NO3/c14-10-8-13(15,7-9-4-2-1-3-5-9)12(17)6-11(10)16(18)19/h1-6,8,12,17H,7H2. The van der Waals surface area contributed by atoms with Crippen molar-refractivity contribution in [2.75, 3.05) is 0 Å². The van der Waals surface area contributed by atoms with E-state index in [2.05, 4.69) is 0 Å². The van der Waals surface area contributed by atoms with Crippen molar-refractivity contribution in [1.82, 2.24) is 0 Å². The van der Waals surface area contributed by atoms with Gasteiger partial charge in [0.2, 0.25) is 0 Å². The van der Waals surface area contributed by atoms with Crippen molar-refractivity contribution in [3.8, 4) is 0 Å². The first-order valence-corrected chi connectivity index (χ1v) is 6.34. The number of benzene rings is 1. The van der Waals surface area contributed by atoms with Crippen molar-refractivity contribution < 1.29 is 10.0 Å². The van der Waals surface area contributed by atoms with Crippen molar-refractivity contribution >= 4 is 23.2 Å². The smallest absolute Gasteiger partial charge is 0.286 e. The van der Waals surface area contributed by atoms with Crippen molar-refractivity contribution in [3.05, 3.63) is 68.9 Å². The first-order valence-electron chi connectivity index (χ1n) is 5.58. The summed E-state index contributed by atoms with van der Waals surface area (Å²) in [5.41, 5.74) is 0.591. The van der Waals surface area contributed by atoms with Gasteiger partial charge in [0.05, 0.1) is 9.80 Å². The van der Waals surface area contributed by atoms with Crippen LogP contribution in [-0.2, 0) is 6.42 Å². The molecule has 0 bridgehead atoms. The Morgan fingerprint density at radius 3 is 2.58 bits per heavy atom. The summed E-state index contributed by atoms with van der Waals surface area (Å²) in [5.74, 6) is 0. The summed E-state index contributed by atoms with van der Waals surface area (Å²) in [6.45, 7) is 0. The third-order valence-electron chi connectivity index (χ3n) is 2.93. The highest BCUT2D eigenvalue weighted by atomic mass is 35.5. The van der Waals surface area contributed by atoms with Crippen molar-refractivity contribution in [2.24, 2.45) is 0 Å². The minimum atomic E-state index is -1.17. The Morgan fingerprint density at radius 1 is 1.37 bits per heavy atom. The molecule has 0 radical (unpaired) electrons. The molecule has 1 N–H and O–H groups in total. The number of rotatable bonds is 3. The number of nitrogens with zero attached hydrogens (tertiary/aromatic N) is 1. The molecule has 0 saturated carbocycles. The van der Waals surface area contributed by atoms with E-state index in [0.717, 1.165) is 11.6 Å². The van der Waals surface area contributed by atoms with Gasteiger partial charge in [-0.3, -0.25) is 10.1 Å². The van der Waals surface area contributed by atoms with E-state index in [9.17, 15) is 15.2 Å². The van der Waals surface area contributed by atoms with E-state index in [0.29, 0.717) is 6.42 Å². The van der Waals surface area contributed by atoms with Gasteiger partial charge in [-0.25, -0.2) is 0 Å². The Kier molecular flexibility index (Phi) is 3.94. The van der Waals surface area contributed by atoms with Gasteiger partial charge < -0.3 is 5.11 Å². The fourth-order valence-electron chi connectivity index (χ4n) is 1.95. The number of hydrogen-bond acceptors (Lipinski definition) is 3. The van der Waals surface area contributed by atoms with E-state index in [1.807, 2.05) is 30.3 Å². The molecule has 0 fully saturated rings. The fraction of sp³-hybridized carbons (Fsp3) is 0.231. The second-order valence-corrected chi connectivity index (χ2v) is 5.45. The van der Waals surface area contributed by atoms with E-state index < -0.39 is 15.9 Å². The zero-order chi connectivity index (χ0) is 14.0. The first-order chi connectivity index (χ1) is 8.92. The molecule has 6 heteroatoms. The lowest BCUT2D eigenvalue weighted by atomic mass is 9.89. The topological polar surface area (TPSA) is 63.4 Å². The van der Waals surface area contributed by atoms with E-state index in [1.165, 1.54) is 6.08 Å². The van der Waals surface area contributed by atoms with Gasteiger partial charge in [0.25, 0.3) is 5.70 Å². The molecular weight excluding hydrogens is 289 g/mol. The lowest BCUT2D eigenvalue weighted by Gasteiger charge is -2.30. The molecule has 19 heavy (non-hydrogen) atoms. The minimum absolute atomic E-state index is 0.0544. The maximum Gasteiger partial charge on any atom is 0.286 e. The van der Waals surface area contributed by atoms with Gasteiger partial charge in [-0.2, -0.15) is 0 Å². The second kappa shape index (κ2) is 5.33. The van der Waals surface area contributed by atoms with Crippen LogP contribution in [0.1, 0.15) is 5.56 Å². The number of aliphatic hydroxyl groups excluding tert-OH is 1. The molecule has 0 spiro atoms. The molecular formula is C13H11Cl2NO3. The third-order valence-corrected chi connectivity index (χ3v) is 3.70. The normalized spacial score (nSPS) is 26.6. The van der Waals surface area contributed by atoms with Crippen LogP contribution in [0.5, 0.6) is 0 Å².